The molecule has 2 aliphatic rings. The summed E-state index contributed by atoms with van der Waals surface area (Å²) in [6.07, 6.45) is 6.44. The molecule has 2 aromatic heterocycles. The number of fused-ring (bicyclic) bond motifs is 1. The molecule has 0 radical (unpaired) electrons. The van der Waals surface area contributed by atoms with Crippen molar-refractivity contribution in [1.29, 1.82) is 0 Å². The highest BCUT2D eigenvalue weighted by Crippen LogP contribution is 2.29. The number of aromatic nitrogens is 2. The van der Waals surface area contributed by atoms with Crippen LogP contribution in [0.25, 0.3) is 10.9 Å². The molecule has 1 aliphatic heterocycles. The number of thiazole rings is 1. The van der Waals surface area contributed by atoms with Gasteiger partial charge in [0.05, 0.1) is 13.2 Å². The molecule has 41 heavy (non-hydrogen) atoms. The SMILES string of the molecule is COc1cccc2[nH]c(C(=O)N[C@@H](CC3CCCCC3)C(=O)N[C@@H](C[C@@H]3CCNC3=O)C(=O)c3nc(Cl)cs3)cc12. The summed E-state index contributed by atoms with van der Waals surface area (Å²) >= 11 is 7.06. The molecule has 1 aromatic carbocycles. The van der Waals surface area contributed by atoms with Crippen molar-refractivity contribution in [3.63, 3.8) is 0 Å². The van der Waals surface area contributed by atoms with Gasteiger partial charge in [0.15, 0.2) is 5.01 Å². The summed E-state index contributed by atoms with van der Waals surface area (Å²) < 4.78 is 5.42. The number of carbonyl (C=O) groups is 4. The Balaban J connectivity index is 1.37. The number of rotatable bonds is 11. The monoisotopic (exact) mass is 599 g/mol. The van der Waals surface area contributed by atoms with Gasteiger partial charge in [-0.3, -0.25) is 19.2 Å². The van der Waals surface area contributed by atoms with Gasteiger partial charge in [-0.25, -0.2) is 4.98 Å². The van der Waals surface area contributed by atoms with E-state index < -0.39 is 35.6 Å². The van der Waals surface area contributed by atoms with E-state index in [9.17, 15) is 19.2 Å². The third kappa shape index (κ3) is 6.90. The number of ether oxygens (including phenoxy) is 1. The van der Waals surface area contributed by atoms with Gasteiger partial charge >= 0.3 is 0 Å². The van der Waals surface area contributed by atoms with Crippen LogP contribution in [0.1, 0.15) is 71.7 Å². The van der Waals surface area contributed by atoms with E-state index in [2.05, 4.69) is 25.9 Å². The van der Waals surface area contributed by atoms with E-state index in [1.54, 1.807) is 18.6 Å². The van der Waals surface area contributed by atoms with Crippen molar-refractivity contribution >= 4 is 57.3 Å². The van der Waals surface area contributed by atoms with Crippen LogP contribution in [-0.2, 0) is 9.59 Å². The second-order valence-electron chi connectivity index (χ2n) is 10.8. The third-order valence-corrected chi connectivity index (χ3v) is 9.19. The summed E-state index contributed by atoms with van der Waals surface area (Å²) in [6, 6.07) is 5.34. The van der Waals surface area contributed by atoms with Gasteiger partial charge in [0, 0.05) is 28.7 Å². The molecule has 3 amide bonds. The van der Waals surface area contributed by atoms with Crippen molar-refractivity contribution in [1.82, 2.24) is 25.9 Å². The van der Waals surface area contributed by atoms with Crippen LogP contribution in [0.5, 0.6) is 5.75 Å². The van der Waals surface area contributed by atoms with Gasteiger partial charge in [0.2, 0.25) is 17.6 Å². The van der Waals surface area contributed by atoms with Gasteiger partial charge in [0.25, 0.3) is 5.91 Å². The average molecular weight is 600 g/mol. The molecule has 4 N–H and O–H groups in total. The van der Waals surface area contributed by atoms with E-state index in [1.165, 1.54) is 0 Å². The third-order valence-electron chi connectivity index (χ3n) is 8.01. The molecule has 3 heterocycles. The Morgan fingerprint density at radius 3 is 2.61 bits per heavy atom. The molecule has 0 bridgehead atoms. The Morgan fingerprint density at radius 1 is 1.12 bits per heavy atom. The van der Waals surface area contributed by atoms with Crippen molar-refractivity contribution in [3.8, 4) is 5.75 Å². The Morgan fingerprint density at radius 2 is 1.93 bits per heavy atom. The average Bonchev–Trinajstić information content (AvgIpc) is 3.72. The maximum absolute atomic E-state index is 13.8. The zero-order valence-electron chi connectivity index (χ0n) is 22.8. The fraction of sp³-hybridized carbons (Fsp3) is 0.483. The van der Waals surface area contributed by atoms with Crippen LogP contribution in [0.15, 0.2) is 29.6 Å². The van der Waals surface area contributed by atoms with Crippen LogP contribution in [0.3, 0.4) is 0 Å². The molecular formula is C29H34ClN5O5S. The molecule has 2 fully saturated rings. The summed E-state index contributed by atoms with van der Waals surface area (Å²) in [7, 11) is 1.57. The van der Waals surface area contributed by atoms with Gasteiger partial charge in [-0.1, -0.05) is 49.8 Å². The molecule has 0 spiro atoms. The summed E-state index contributed by atoms with van der Waals surface area (Å²) in [5.74, 6) is -0.937. The van der Waals surface area contributed by atoms with E-state index in [4.69, 9.17) is 16.3 Å². The summed E-state index contributed by atoms with van der Waals surface area (Å²) in [6.45, 7) is 0.525. The second kappa shape index (κ2) is 13.0. The quantitative estimate of drug-likeness (QED) is 0.243. The molecule has 10 nitrogen and oxygen atoms in total. The first kappa shape index (κ1) is 29.1. The summed E-state index contributed by atoms with van der Waals surface area (Å²) in [4.78, 5) is 60.2. The van der Waals surface area contributed by atoms with Crippen molar-refractivity contribution in [2.45, 2.75) is 63.5 Å². The number of benzene rings is 1. The number of H-pyrrole nitrogens is 1. The first-order valence-corrected chi connectivity index (χ1v) is 15.3. The minimum atomic E-state index is -0.985. The molecule has 218 valence electrons. The molecule has 3 aromatic rings. The number of methoxy groups -OCH3 is 1. The number of Topliss-reactive ketones (excluding diaryl/α,β-unsaturated/α-hetero) is 1. The van der Waals surface area contributed by atoms with E-state index >= 15 is 0 Å². The molecular weight excluding hydrogens is 566 g/mol. The number of carbonyl (C=O) groups excluding carboxylic acids is 4. The lowest BCUT2D eigenvalue weighted by Gasteiger charge is -2.28. The van der Waals surface area contributed by atoms with Gasteiger partial charge < -0.3 is 25.7 Å². The fourth-order valence-electron chi connectivity index (χ4n) is 5.83. The number of amides is 3. The Hall–Kier alpha value is -3.44. The van der Waals surface area contributed by atoms with Crippen molar-refractivity contribution in [2.75, 3.05) is 13.7 Å². The Labute approximate surface area is 247 Å². The largest absolute Gasteiger partial charge is 0.496 e. The molecule has 12 heteroatoms. The predicted molar refractivity (Wildman–Crippen MR) is 156 cm³/mol. The minimum Gasteiger partial charge on any atom is -0.496 e. The number of hydrogen-bond donors (Lipinski definition) is 4. The molecule has 0 unspecified atom stereocenters. The molecule has 1 saturated carbocycles. The van der Waals surface area contributed by atoms with Gasteiger partial charge in [0.1, 0.15) is 22.6 Å². The van der Waals surface area contributed by atoms with Crippen molar-refractivity contribution in [3.05, 3.63) is 45.5 Å². The van der Waals surface area contributed by atoms with Gasteiger partial charge in [-0.05, 0) is 43.4 Å². The molecule has 5 rings (SSSR count). The van der Waals surface area contributed by atoms with Crippen LogP contribution >= 0.6 is 22.9 Å². The normalized spacial score (nSPS) is 19.0. The number of nitrogens with one attached hydrogen (secondary N) is 4. The van der Waals surface area contributed by atoms with E-state index in [-0.39, 0.29) is 28.4 Å². The van der Waals surface area contributed by atoms with E-state index in [1.807, 2.05) is 18.2 Å². The maximum Gasteiger partial charge on any atom is 0.268 e. The lowest BCUT2D eigenvalue weighted by atomic mass is 9.84. The number of halogens is 1. The maximum atomic E-state index is 13.8. The standard InChI is InChI=1S/C29H34ClN5O5S/c1-40-23-9-5-8-19-18(23)14-22(32-19)28(39)34-21(12-16-6-3-2-4-7-16)27(38)33-20(13-17-10-11-31-26(17)37)25(36)29-35-24(30)15-41-29/h5,8-9,14-17,20-21,32H,2-4,6-7,10-13H2,1H3,(H,31,37)(H,33,38)(H,34,39)/t17-,20-,21-/m0/s1. The molecule has 1 saturated heterocycles. The van der Waals surface area contributed by atoms with Crippen LogP contribution in [0.2, 0.25) is 5.15 Å². The highest BCUT2D eigenvalue weighted by molar-refractivity contribution is 7.12. The highest BCUT2D eigenvalue weighted by Gasteiger charge is 2.35. The Bertz CT molecular complexity index is 1430. The Kier molecular flexibility index (Phi) is 9.24. The minimum absolute atomic E-state index is 0.138. The first-order chi connectivity index (χ1) is 19.8. The van der Waals surface area contributed by atoms with E-state index in [0.717, 1.165) is 54.3 Å². The van der Waals surface area contributed by atoms with Crippen LogP contribution in [-0.4, -0.2) is 59.2 Å². The zero-order chi connectivity index (χ0) is 28.9. The van der Waals surface area contributed by atoms with E-state index in [0.29, 0.717) is 30.8 Å². The zero-order valence-corrected chi connectivity index (χ0v) is 24.4. The number of ketones is 1. The smallest absolute Gasteiger partial charge is 0.268 e. The van der Waals surface area contributed by atoms with Crippen LogP contribution in [0.4, 0.5) is 0 Å². The molecule has 3 atom stereocenters. The summed E-state index contributed by atoms with van der Waals surface area (Å²) in [5, 5.41) is 11.3. The van der Waals surface area contributed by atoms with Gasteiger partial charge in [-0.15, -0.1) is 11.3 Å². The number of aromatic amines is 1. The van der Waals surface area contributed by atoms with Gasteiger partial charge in [-0.2, -0.15) is 0 Å². The highest BCUT2D eigenvalue weighted by atomic mass is 35.5. The fourth-order valence-corrected chi connectivity index (χ4v) is 6.77. The number of nitrogens with zero attached hydrogens (tertiary/aromatic N) is 1. The molecule has 1 aliphatic carbocycles. The van der Waals surface area contributed by atoms with Crippen LogP contribution in [0, 0.1) is 11.8 Å². The summed E-state index contributed by atoms with van der Waals surface area (Å²) in [5.41, 5.74) is 1.05. The lowest BCUT2D eigenvalue weighted by Crippen LogP contribution is -2.53. The topological polar surface area (TPSA) is 142 Å². The van der Waals surface area contributed by atoms with Crippen molar-refractivity contribution < 1.29 is 23.9 Å². The van der Waals surface area contributed by atoms with Crippen molar-refractivity contribution in [2.24, 2.45) is 11.8 Å². The second-order valence-corrected chi connectivity index (χ2v) is 12.0. The van der Waals surface area contributed by atoms with Crippen LogP contribution < -0.4 is 20.7 Å². The predicted octanol–water partition coefficient (Wildman–Crippen LogP) is 4.25. The first-order valence-electron chi connectivity index (χ1n) is 14.0. The number of hydrogen-bond acceptors (Lipinski definition) is 7. The lowest BCUT2D eigenvalue weighted by molar-refractivity contribution is -0.125.